The quantitative estimate of drug-likeness (QED) is 0.654. The van der Waals surface area contributed by atoms with E-state index >= 15 is 0 Å². The van der Waals surface area contributed by atoms with Crippen molar-refractivity contribution in [2.45, 2.75) is 6.42 Å². The molecule has 1 amide bonds. The van der Waals surface area contributed by atoms with E-state index in [1.807, 2.05) is 60.3 Å². The van der Waals surface area contributed by atoms with Crippen molar-refractivity contribution in [2.75, 3.05) is 5.32 Å². The van der Waals surface area contributed by atoms with Crippen molar-refractivity contribution in [1.29, 1.82) is 0 Å². The van der Waals surface area contributed by atoms with Crippen LogP contribution in [0, 0.1) is 0 Å². The second-order valence-electron chi connectivity index (χ2n) is 4.56. The average molecular weight is 284 g/mol. The number of amides is 1. The van der Waals surface area contributed by atoms with Gasteiger partial charge in [0.1, 0.15) is 5.84 Å². The summed E-state index contributed by atoms with van der Waals surface area (Å²) < 4.78 is 1.89. The molecule has 0 saturated heterocycles. The number of anilines is 1. The molecule has 0 atom stereocenters. The number of nitrogens with zero attached hydrogens (tertiary/aromatic N) is 2. The molecule has 5 nitrogen and oxygen atoms in total. The van der Waals surface area contributed by atoms with E-state index in [1.165, 1.54) is 0 Å². The van der Waals surface area contributed by atoms with Gasteiger partial charge in [0, 0.05) is 32.3 Å². The van der Waals surface area contributed by atoms with E-state index in [0.717, 1.165) is 11.4 Å². The molecule has 0 aliphatic carbocycles. The Labute approximate surface area is 125 Å². The molecular weight excluding hydrogens is 264 g/mol. The molecule has 0 saturated carbocycles. The molecule has 1 heterocycles. The molecule has 0 unspecified atom stereocenters. The van der Waals surface area contributed by atoms with Crippen LogP contribution in [0.2, 0.25) is 0 Å². The van der Waals surface area contributed by atoms with E-state index in [2.05, 4.69) is 10.3 Å². The number of rotatable bonds is 5. The first-order chi connectivity index (χ1) is 10.1. The maximum atomic E-state index is 11.8. The average Bonchev–Trinajstić information content (AvgIpc) is 2.85. The van der Waals surface area contributed by atoms with Crippen LogP contribution in [-0.2, 0) is 18.3 Å². The predicted molar refractivity (Wildman–Crippen MR) is 87.1 cm³/mol. The summed E-state index contributed by atoms with van der Waals surface area (Å²) >= 11 is 0. The Morgan fingerprint density at radius 1 is 1.33 bits per heavy atom. The lowest BCUT2D eigenvalue weighted by Gasteiger charge is -2.00. The SMILES string of the molecule is Cn1cccc1CC(=O)N=C(N)/C=C\Nc1ccccc1.[HH]. The van der Waals surface area contributed by atoms with Gasteiger partial charge in [0.25, 0.3) is 5.91 Å². The Hall–Kier alpha value is -2.82. The number of aryl methyl sites for hydroxylation is 1. The van der Waals surface area contributed by atoms with E-state index < -0.39 is 0 Å². The van der Waals surface area contributed by atoms with Gasteiger partial charge < -0.3 is 15.6 Å². The van der Waals surface area contributed by atoms with Gasteiger partial charge in [0.2, 0.25) is 0 Å². The topological polar surface area (TPSA) is 72.4 Å². The van der Waals surface area contributed by atoms with Crippen molar-refractivity contribution in [2.24, 2.45) is 17.8 Å². The Bertz CT molecular complexity index is 662. The number of carbonyl (C=O) groups is 1. The maximum Gasteiger partial charge on any atom is 0.253 e. The molecule has 110 valence electrons. The zero-order chi connectivity index (χ0) is 15.1. The standard InChI is InChI=1S/C16H18N4O.H2/c1-20-11-5-8-14(20)12-16(21)19-15(17)9-10-18-13-6-3-2-4-7-13;/h2-11,18H,12H2,1H3,(H2,17,19,21);1H/b10-9-;. The van der Waals surface area contributed by atoms with Gasteiger partial charge in [-0.1, -0.05) is 18.2 Å². The molecule has 0 aliphatic heterocycles. The number of para-hydroxylation sites is 1. The van der Waals surface area contributed by atoms with E-state index in [4.69, 9.17) is 5.73 Å². The zero-order valence-corrected chi connectivity index (χ0v) is 11.9. The van der Waals surface area contributed by atoms with Crippen molar-refractivity contribution >= 4 is 17.4 Å². The van der Waals surface area contributed by atoms with Crippen molar-refractivity contribution in [3.8, 4) is 0 Å². The van der Waals surface area contributed by atoms with Gasteiger partial charge in [0.15, 0.2) is 0 Å². The normalized spacial score (nSPS) is 11.8. The minimum atomic E-state index is -0.265. The third-order valence-corrected chi connectivity index (χ3v) is 2.92. The first-order valence-corrected chi connectivity index (χ1v) is 6.60. The van der Waals surface area contributed by atoms with Crippen LogP contribution >= 0.6 is 0 Å². The number of aromatic nitrogens is 1. The molecule has 1 aromatic carbocycles. The Morgan fingerprint density at radius 3 is 2.76 bits per heavy atom. The number of hydrogen-bond donors (Lipinski definition) is 2. The number of nitrogens with two attached hydrogens (primary N) is 1. The number of benzene rings is 1. The number of hydrogen-bond acceptors (Lipinski definition) is 2. The van der Waals surface area contributed by atoms with Crippen LogP contribution in [0.3, 0.4) is 0 Å². The molecule has 0 aliphatic rings. The molecule has 1 aromatic heterocycles. The molecule has 2 aromatic rings. The van der Waals surface area contributed by atoms with Crippen molar-refractivity contribution in [1.82, 2.24) is 4.57 Å². The van der Waals surface area contributed by atoms with Gasteiger partial charge in [-0.25, -0.2) is 0 Å². The molecule has 0 bridgehead atoms. The van der Waals surface area contributed by atoms with Gasteiger partial charge in [-0.3, -0.25) is 4.79 Å². The van der Waals surface area contributed by atoms with Crippen molar-refractivity contribution in [3.63, 3.8) is 0 Å². The molecule has 0 spiro atoms. The van der Waals surface area contributed by atoms with Gasteiger partial charge in [0.05, 0.1) is 6.42 Å². The Morgan fingerprint density at radius 2 is 2.10 bits per heavy atom. The third kappa shape index (κ3) is 4.65. The summed E-state index contributed by atoms with van der Waals surface area (Å²) in [5.41, 5.74) is 7.55. The van der Waals surface area contributed by atoms with Gasteiger partial charge in [-0.15, -0.1) is 0 Å². The first-order valence-electron chi connectivity index (χ1n) is 6.60. The van der Waals surface area contributed by atoms with Crippen molar-refractivity contribution in [3.05, 3.63) is 66.6 Å². The fourth-order valence-electron chi connectivity index (χ4n) is 1.81. The number of aliphatic imine (C=N–C) groups is 1. The molecule has 0 fully saturated rings. The van der Waals surface area contributed by atoms with Crippen LogP contribution in [0.5, 0.6) is 0 Å². The third-order valence-electron chi connectivity index (χ3n) is 2.92. The van der Waals surface area contributed by atoms with Gasteiger partial charge in [-0.2, -0.15) is 4.99 Å². The second-order valence-corrected chi connectivity index (χ2v) is 4.56. The van der Waals surface area contributed by atoms with E-state index in [0.29, 0.717) is 0 Å². The smallest absolute Gasteiger partial charge is 0.253 e. The summed E-state index contributed by atoms with van der Waals surface area (Å²) in [6.45, 7) is 0. The predicted octanol–water partition coefficient (Wildman–Crippen LogP) is 2.32. The second kappa shape index (κ2) is 7.09. The highest BCUT2D eigenvalue weighted by molar-refractivity contribution is 6.00. The lowest BCUT2D eigenvalue weighted by Crippen LogP contribution is -2.13. The first kappa shape index (κ1) is 14.6. The summed E-state index contributed by atoms with van der Waals surface area (Å²) in [6.07, 6.45) is 5.35. The zero-order valence-electron chi connectivity index (χ0n) is 11.9. The molecular formula is C16H20N4O. The fraction of sp³-hybridized carbons (Fsp3) is 0.125. The lowest BCUT2D eigenvalue weighted by molar-refractivity contribution is -0.117. The van der Waals surface area contributed by atoms with Crippen LogP contribution in [-0.4, -0.2) is 16.3 Å². The minimum Gasteiger partial charge on any atom is -0.384 e. The van der Waals surface area contributed by atoms with Crippen molar-refractivity contribution < 1.29 is 6.22 Å². The van der Waals surface area contributed by atoms with Crippen LogP contribution in [0.15, 0.2) is 65.9 Å². The van der Waals surface area contributed by atoms with Gasteiger partial charge in [-0.05, 0) is 30.3 Å². The van der Waals surface area contributed by atoms with E-state index in [-0.39, 0.29) is 19.6 Å². The lowest BCUT2D eigenvalue weighted by atomic mass is 10.3. The van der Waals surface area contributed by atoms with E-state index in [9.17, 15) is 4.79 Å². The number of amidine groups is 1. The van der Waals surface area contributed by atoms with Crippen LogP contribution < -0.4 is 11.1 Å². The highest BCUT2D eigenvalue weighted by Gasteiger charge is 2.04. The van der Waals surface area contributed by atoms with Crippen LogP contribution in [0.1, 0.15) is 7.12 Å². The molecule has 5 heteroatoms. The van der Waals surface area contributed by atoms with Gasteiger partial charge >= 0.3 is 0 Å². The molecule has 0 radical (unpaired) electrons. The number of carbonyl (C=O) groups excluding carboxylic acids is 1. The van der Waals surface area contributed by atoms with Crippen LogP contribution in [0.25, 0.3) is 0 Å². The maximum absolute atomic E-state index is 11.8. The highest BCUT2D eigenvalue weighted by Crippen LogP contribution is 2.04. The molecule has 3 N–H and O–H groups in total. The van der Waals surface area contributed by atoms with E-state index in [1.54, 1.807) is 12.3 Å². The summed E-state index contributed by atoms with van der Waals surface area (Å²) in [4.78, 5) is 15.6. The fourth-order valence-corrected chi connectivity index (χ4v) is 1.81. The molecule has 2 rings (SSSR count). The molecule has 21 heavy (non-hydrogen) atoms. The monoisotopic (exact) mass is 284 g/mol. The summed E-state index contributed by atoms with van der Waals surface area (Å²) in [7, 11) is 1.89. The number of nitrogens with one attached hydrogen (secondary N) is 1. The highest BCUT2D eigenvalue weighted by atomic mass is 16.1. The summed E-state index contributed by atoms with van der Waals surface area (Å²) in [5, 5.41) is 3.05. The largest absolute Gasteiger partial charge is 0.384 e. The Kier molecular flexibility index (Phi) is 4.93. The van der Waals surface area contributed by atoms with Crippen LogP contribution in [0.4, 0.5) is 5.69 Å². The summed E-state index contributed by atoms with van der Waals surface area (Å²) in [5.74, 6) is -0.0868. The Balaban J connectivity index is 0.00000242. The minimum absolute atomic E-state index is 0. The summed E-state index contributed by atoms with van der Waals surface area (Å²) in [6, 6.07) is 13.4.